The minimum Gasteiger partial charge on any atom is -0.444 e. The van der Waals surface area contributed by atoms with Crippen LogP contribution in [0.4, 0.5) is 4.79 Å². The van der Waals surface area contributed by atoms with Gasteiger partial charge in [0.1, 0.15) is 5.60 Å². The fourth-order valence-electron chi connectivity index (χ4n) is 3.20. The standard InChI is InChI=1S/C20H31N3O6S/c1-8-20(9-10-23(12-20)18(25)29-19(2,3)4)16(24)28-14-13(15(26-5)27-6)11-21-17(22-14)30-7/h11,15H,8-10,12H2,1-7H3. The first-order chi connectivity index (χ1) is 14.1. The molecule has 1 aliphatic rings. The summed E-state index contributed by atoms with van der Waals surface area (Å²) in [5, 5.41) is 0.458. The van der Waals surface area contributed by atoms with Gasteiger partial charge in [0.05, 0.1) is 11.0 Å². The van der Waals surface area contributed by atoms with Crippen molar-refractivity contribution in [3.05, 3.63) is 11.8 Å². The smallest absolute Gasteiger partial charge is 0.410 e. The number of hydrogen-bond acceptors (Lipinski definition) is 9. The maximum absolute atomic E-state index is 13.2. The van der Waals surface area contributed by atoms with Gasteiger partial charge in [-0.2, -0.15) is 4.98 Å². The Labute approximate surface area is 181 Å². The number of rotatable bonds is 7. The van der Waals surface area contributed by atoms with Crippen molar-refractivity contribution in [3.8, 4) is 5.88 Å². The molecule has 1 amide bonds. The Bertz CT molecular complexity index is 765. The van der Waals surface area contributed by atoms with Crippen molar-refractivity contribution < 1.29 is 28.5 Å². The van der Waals surface area contributed by atoms with Gasteiger partial charge in [-0.05, 0) is 39.9 Å². The van der Waals surface area contributed by atoms with E-state index in [4.69, 9.17) is 18.9 Å². The Morgan fingerprint density at radius 3 is 2.50 bits per heavy atom. The van der Waals surface area contributed by atoms with Gasteiger partial charge in [0.15, 0.2) is 11.4 Å². The average Bonchev–Trinajstić information content (AvgIpc) is 3.15. The maximum Gasteiger partial charge on any atom is 0.410 e. The number of aromatic nitrogens is 2. The van der Waals surface area contributed by atoms with E-state index in [-0.39, 0.29) is 12.4 Å². The molecule has 0 saturated carbocycles. The fourth-order valence-corrected chi connectivity index (χ4v) is 3.53. The first-order valence-electron chi connectivity index (χ1n) is 9.76. The summed E-state index contributed by atoms with van der Waals surface area (Å²) in [5.41, 5.74) is -1.03. The van der Waals surface area contributed by atoms with Crippen LogP contribution in [-0.4, -0.2) is 66.1 Å². The number of hydrogen-bond donors (Lipinski definition) is 0. The van der Waals surface area contributed by atoms with Crippen LogP contribution in [-0.2, 0) is 19.0 Å². The van der Waals surface area contributed by atoms with Crippen molar-refractivity contribution in [1.29, 1.82) is 0 Å². The van der Waals surface area contributed by atoms with E-state index in [1.807, 2.05) is 34.0 Å². The van der Waals surface area contributed by atoms with Crippen LogP contribution in [0.25, 0.3) is 0 Å². The molecule has 0 N–H and O–H groups in total. The van der Waals surface area contributed by atoms with Crippen LogP contribution in [0.2, 0.25) is 0 Å². The molecule has 1 aromatic heterocycles. The van der Waals surface area contributed by atoms with Crippen molar-refractivity contribution in [2.45, 2.75) is 57.6 Å². The predicted octanol–water partition coefficient (Wildman–Crippen LogP) is 3.43. The van der Waals surface area contributed by atoms with Gasteiger partial charge in [-0.3, -0.25) is 4.79 Å². The fraction of sp³-hybridized carbons (Fsp3) is 0.700. The van der Waals surface area contributed by atoms with E-state index in [1.165, 1.54) is 32.2 Å². The highest BCUT2D eigenvalue weighted by atomic mass is 32.2. The molecule has 0 bridgehead atoms. The number of esters is 1. The third-order valence-electron chi connectivity index (χ3n) is 4.93. The number of amides is 1. The summed E-state index contributed by atoms with van der Waals surface area (Å²) in [6.07, 6.45) is 3.14. The van der Waals surface area contributed by atoms with E-state index < -0.39 is 29.4 Å². The minimum atomic E-state index is -0.839. The van der Waals surface area contributed by atoms with Crippen molar-refractivity contribution in [2.75, 3.05) is 33.6 Å². The summed E-state index contributed by atoms with van der Waals surface area (Å²) in [6, 6.07) is 0. The summed E-state index contributed by atoms with van der Waals surface area (Å²) in [7, 11) is 2.96. The SMILES string of the molecule is CCC1(C(=O)Oc2nc(SC)ncc2C(OC)OC)CCN(C(=O)OC(C)(C)C)C1. The second-order valence-corrected chi connectivity index (χ2v) is 8.87. The Kier molecular flexibility index (Phi) is 8.06. The Hall–Kier alpha value is -1.91. The molecule has 0 aliphatic carbocycles. The molecule has 9 nitrogen and oxygen atoms in total. The van der Waals surface area contributed by atoms with Crippen LogP contribution < -0.4 is 4.74 Å². The number of nitrogens with zero attached hydrogens (tertiary/aromatic N) is 3. The van der Waals surface area contributed by atoms with Crippen LogP contribution in [0.5, 0.6) is 5.88 Å². The highest BCUT2D eigenvalue weighted by molar-refractivity contribution is 7.98. The molecule has 1 fully saturated rings. The Balaban J connectivity index is 2.24. The van der Waals surface area contributed by atoms with Crippen LogP contribution >= 0.6 is 11.8 Å². The maximum atomic E-state index is 13.2. The molecule has 2 heterocycles. The molecule has 1 saturated heterocycles. The number of carbonyl (C=O) groups is 2. The van der Waals surface area contributed by atoms with Gasteiger partial charge in [0, 0.05) is 33.5 Å². The number of carbonyl (C=O) groups excluding carboxylic acids is 2. The molecule has 168 valence electrons. The van der Waals surface area contributed by atoms with Gasteiger partial charge in [0.2, 0.25) is 5.88 Å². The largest absolute Gasteiger partial charge is 0.444 e. The number of methoxy groups -OCH3 is 2. The number of likely N-dealkylation sites (tertiary alicyclic amines) is 1. The van der Waals surface area contributed by atoms with E-state index >= 15 is 0 Å². The molecule has 0 aromatic carbocycles. The zero-order valence-electron chi connectivity index (χ0n) is 18.7. The Morgan fingerprint density at radius 2 is 1.97 bits per heavy atom. The van der Waals surface area contributed by atoms with Crippen molar-refractivity contribution in [3.63, 3.8) is 0 Å². The molecule has 30 heavy (non-hydrogen) atoms. The lowest BCUT2D eigenvalue weighted by molar-refractivity contribution is -0.146. The molecular formula is C20H31N3O6S. The monoisotopic (exact) mass is 441 g/mol. The highest BCUT2D eigenvalue weighted by Gasteiger charge is 2.47. The first-order valence-corrected chi connectivity index (χ1v) is 11.0. The zero-order valence-corrected chi connectivity index (χ0v) is 19.5. The van der Waals surface area contributed by atoms with E-state index in [2.05, 4.69) is 9.97 Å². The van der Waals surface area contributed by atoms with Crippen LogP contribution in [0.1, 0.15) is 52.4 Å². The van der Waals surface area contributed by atoms with Gasteiger partial charge in [-0.25, -0.2) is 9.78 Å². The molecule has 0 radical (unpaired) electrons. The molecule has 1 aliphatic heterocycles. The van der Waals surface area contributed by atoms with E-state index in [0.29, 0.717) is 30.1 Å². The topological polar surface area (TPSA) is 100 Å². The van der Waals surface area contributed by atoms with Crippen LogP contribution in [0, 0.1) is 5.41 Å². The second kappa shape index (κ2) is 9.93. The second-order valence-electron chi connectivity index (χ2n) is 8.10. The summed E-state index contributed by atoms with van der Waals surface area (Å²) in [6.45, 7) is 7.98. The quantitative estimate of drug-likeness (QED) is 0.273. The molecular weight excluding hydrogens is 410 g/mol. The first kappa shape index (κ1) is 24.4. The molecule has 2 rings (SSSR count). The summed E-state index contributed by atoms with van der Waals surface area (Å²) in [5.74, 6) is -0.356. The van der Waals surface area contributed by atoms with Crippen molar-refractivity contribution in [2.24, 2.45) is 5.41 Å². The minimum absolute atomic E-state index is 0.0941. The predicted molar refractivity (Wildman–Crippen MR) is 111 cm³/mol. The van der Waals surface area contributed by atoms with E-state index in [0.717, 1.165) is 0 Å². The van der Waals surface area contributed by atoms with Crippen LogP contribution in [0.15, 0.2) is 11.4 Å². The molecule has 10 heteroatoms. The average molecular weight is 442 g/mol. The van der Waals surface area contributed by atoms with Gasteiger partial charge in [-0.15, -0.1) is 0 Å². The number of ether oxygens (including phenoxy) is 4. The molecule has 0 spiro atoms. The third-order valence-corrected chi connectivity index (χ3v) is 5.49. The van der Waals surface area contributed by atoms with Crippen molar-refractivity contribution in [1.82, 2.24) is 14.9 Å². The molecule has 1 atom stereocenters. The lowest BCUT2D eigenvalue weighted by atomic mass is 9.84. The lowest BCUT2D eigenvalue weighted by Crippen LogP contribution is -2.41. The van der Waals surface area contributed by atoms with Gasteiger partial charge in [0.25, 0.3) is 0 Å². The third kappa shape index (κ3) is 5.61. The highest BCUT2D eigenvalue weighted by Crippen LogP contribution is 2.37. The van der Waals surface area contributed by atoms with E-state index in [1.54, 1.807) is 4.90 Å². The van der Waals surface area contributed by atoms with Gasteiger partial charge < -0.3 is 23.8 Å². The lowest BCUT2D eigenvalue weighted by Gasteiger charge is -2.27. The summed E-state index contributed by atoms with van der Waals surface area (Å²) >= 11 is 1.33. The summed E-state index contributed by atoms with van der Waals surface area (Å²) < 4.78 is 21.8. The Morgan fingerprint density at radius 1 is 1.30 bits per heavy atom. The van der Waals surface area contributed by atoms with E-state index in [9.17, 15) is 9.59 Å². The number of thioether (sulfide) groups is 1. The normalized spacial score (nSPS) is 19.3. The summed E-state index contributed by atoms with van der Waals surface area (Å²) in [4.78, 5) is 35.8. The van der Waals surface area contributed by atoms with Gasteiger partial charge >= 0.3 is 12.1 Å². The van der Waals surface area contributed by atoms with Crippen LogP contribution in [0.3, 0.4) is 0 Å². The molecule has 1 unspecified atom stereocenters. The van der Waals surface area contributed by atoms with Crippen molar-refractivity contribution >= 4 is 23.8 Å². The molecule has 1 aromatic rings. The zero-order chi connectivity index (χ0) is 22.5. The van der Waals surface area contributed by atoms with Gasteiger partial charge in [-0.1, -0.05) is 18.7 Å².